The molecule has 1 aromatic heterocycles. The highest BCUT2D eigenvalue weighted by molar-refractivity contribution is 5.90. The zero-order valence-electron chi connectivity index (χ0n) is 21.8. The Kier molecular flexibility index (Phi) is 11.4. The Morgan fingerprint density at radius 3 is 2.35 bits per heavy atom. The van der Waals surface area contributed by atoms with E-state index in [0.29, 0.717) is 12.1 Å². The predicted octanol–water partition coefficient (Wildman–Crippen LogP) is 5.25. The standard InChI is InChI=1S/C29H37N5O3/c1-3-4-5-6-7-8-12-15-27(35)30-21-28(36)32-31-20-24-22-34(25-13-10-9-11-14-25)33-29(24)23-16-18-26(37-2)19-17-23/h9-11,13-14,16-20,22H,3-8,12,15,21H2,1-2H3,(H,30,35)(H,32,36). The van der Waals surface area contributed by atoms with E-state index in [-0.39, 0.29) is 18.4 Å². The summed E-state index contributed by atoms with van der Waals surface area (Å²) in [7, 11) is 1.62. The number of hydrogen-bond donors (Lipinski definition) is 2. The lowest BCUT2D eigenvalue weighted by atomic mass is 10.1. The van der Waals surface area contributed by atoms with Crippen LogP contribution in [0.25, 0.3) is 16.9 Å². The molecule has 2 amide bonds. The summed E-state index contributed by atoms with van der Waals surface area (Å²) < 4.78 is 7.03. The van der Waals surface area contributed by atoms with Crippen molar-refractivity contribution in [3.8, 4) is 22.7 Å². The first-order valence-electron chi connectivity index (χ1n) is 13.0. The summed E-state index contributed by atoms with van der Waals surface area (Å²) in [6.07, 6.45) is 11.9. The molecule has 8 nitrogen and oxygen atoms in total. The van der Waals surface area contributed by atoms with Gasteiger partial charge in [0.2, 0.25) is 5.91 Å². The second kappa shape index (κ2) is 15.2. The van der Waals surface area contributed by atoms with Gasteiger partial charge in [0.15, 0.2) is 0 Å². The number of nitrogens with zero attached hydrogens (tertiary/aromatic N) is 3. The molecule has 1 heterocycles. The molecule has 2 aromatic carbocycles. The van der Waals surface area contributed by atoms with E-state index in [9.17, 15) is 9.59 Å². The van der Waals surface area contributed by atoms with Crippen molar-refractivity contribution in [2.45, 2.75) is 58.3 Å². The van der Waals surface area contributed by atoms with Crippen molar-refractivity contribution < 1.29 is 14.3 Å². The third-order valence-electron chi connectivity index (χ3n) is 5.97. The molecule has 0 bridgehead atoms. The number of methoxy groups -OCH3 is 1. The Morgan fingerprint density at radius 2 is 1.65 bits per heavy atom. The third-order valence-corrected chi connectivity index (χ3v) is 5.97. The molecule has 8 heteroatoms. The summed E-state index contributed by atoms with van der Waals surface area (Å²) in [4.78, 5) is 24.2. The van der Waals surface area contributed by atoms with Gasteiger partial charge in [-0.25, -0.2) is 10.1 Å². The number of hydrazone groups is 1. The minimum Gasteiger partial charge on any atom is -0.497 e. The minimum absolute atomic E-state index is 0.110. The highest BCUT2D eigenvalue weighted by Gasteiger charge is 2.12. The van der Waals surface area contributed by atoms with Crippen molar-refractivity contribution in [1.82, 2.24) is 20.5 Å². The second-order valence-electron chi connectivity index (χ2n) is 8.88. The fourth-order valence-corrected chi connectivity index (χ4v) is 3.89. The SMILES string of the molecule is CCCCCCCCCC(=O)NCC(=O)NN=Cc1cn(-c2ccccc2)nc1-c1ccc(OC)cc1. The summed E-state index contributed by atoms with van der Waals surface area (Å²) in [6.45, 7) is 2.09. The van der Waals surface area contributed by atoms with Crippen LogP contribution in [0.5, 0.6) is 5.75 Å². The average Bonchev–Trinajstić information content (AvgIpc) is 3.36. The summed E-state index contributed by atoms with van der Waals surface area (Å²) in [5.41, 5.74) is 5.73. The quantitative estimate of drug-likeness (QED) is 0.168. The van der Waals surface area contributed by atoms with Crippen LogP contribution >= 0.6 is 0 Å². The Morgan fingerprint density at radius 1 is 0.946 bits per heavy atom. The van der Waals surface area contributed by atoms with E-state index in [4.69, 9.17) is 9.84 Å². The first kappa shape index (κ1) is 27.6. The highest BCUT2D eigenvalue weighted by Crippen LogP contribution is 2.25. The molecule has 0 aliphatic carbocycles. The predicted molar refractivity (Wildman–Crippen MR) is 147 cm³/mol. The number of carbonyl (C=O) groups excluding carboxylic acids is 2. The van der Waals surface area contributed by atoms with Gasteiger partial charge in [0, 0.05) is 23.7 Å². The fourth-order valence-electron chi connectivity index (χ4n) is 3.89. The van der Waals surface area contributed by atoms with Gasteiger partial charge in [-0.1, -0.05) is 63.6 Å². The van der Waals surface area contributed by atoms with Crippen molar-refractivity contribution in [1.29, 1.82) is 0 Å². The maximum Gasteiger partial charge on any atom is 0.259 e. The van der Waals surface area contributed by atoms with E-state index >= 15 is 0 Å². The normalized spacial score (nSPS) is 11.0. The summed E-state index contributed by atoms with van der Waals surface area (Å²) in [5, 5.41) is 11.5. The van der Waals surface area contributed by atoms with E-state index < -0.39 is 0 Å². The number of aromatic nitrogens is 2. The van der Waals surface area contributed by atoms with Gasteiger partial charge in [0.1, 0.15) is 11.4 Å². The summed E-state index contributed by atoms with van der Waals surface area (Å²) >= 11 is 0. The molecule has 0 aliphatic heterocycles. The van der Waals surface area contributed by atoms with Gasteiger partial charge in [-0.15, -0.1) is 0 Å². The lowest BCUT2D eigenvalue weighted by Gasteiger charge is -2.04. The molecular formula is C29H37N5O3. The summed E-state index contributed by atoms with van der Waals surface area (Å²) in [6, 6.07) is 17.3. The van der Waals surface area contributed by atoms with E-state index in [2.05, 4.69) is 22.8 Å². The van der Waals surface area contributed by atoms with Gasteiger partial charge >= 0.3 is 0 Å². The molecule has 0 unspecified atom stereocenters. The van der Waals surface area contributed by atoms with Crippen LogP contribution in [0.2, 0.25) is 0 Å². The molecule has 3 aromatic rings. The topological polar surface area (TPSA) is 97.6 Å². The van der Waals surface area contributed by atoms with Gasteiger partial charge in [0.05, 0.1) is 25.6 Å². The molecule has 0 spiro atoms. The van der Waals surface area contributed by atoms with Gasteiger partial charge in [-0.05, 0) is 42.8 Å². The van der Waals surface area contributed by atoms with Crippen LogP contribution < -0.4 is 15.5 Å². The average molecular weight is 504 g/mol. The largest absolute Gasteiger partial charge is 0.497 e. The van der Waals surface area contributed by atoms with Crippen molar-refractivity contribution >= 4 is 18.0 Å². The molecule has 0 saturated heterocycles. The van der Waals surface area contributed by atoms with Gasteiger partial charge < -0.3 is 10.1 Å². The number of hydrogen-bond acceptors (Lipinski definition) is 5. The van der Waals surface area contributed by atoms with Crippen LogP contribution in [0.3, 0.4) is 0 Å². The monoisotopic (exact) mass is 503 g/mol. The first-order valence-corrected chi connectivity index (χ1v) is 13.0. The number of para-hydroxylation sites is 1. The molecule has 0 atom stereocenters. The number of nitrogens with one attached hydrogen (secondary N) is 2. The Bertz CT molecular complexity index is 1140. The smallest absolute Gasteiger partial charge is 0.259 e. The molecule has 0 radical (unpaired) electrons. The van der Waals surface area contributed by atoms with Gasteiger partial charge in [0.25, 0.3) is 5.91 Å². The second-order valence-corrected chi connectivity index (χ2v) is 8.88. The van der Waals surface area contributed by atoms with Crippen LogP contribution in [0, 0.1) is 0 Å². The molecular weight excluding hydrogens is 466 g/mol. The van der Waals surface area contributed by atoms with Crippen LogP contribution in [0.1, 0.15) is 63.9 Å². The molecule has 196 valence electrons. The van der Waals surface area contributed by atoms with Gasteiger partial charge in [-0.2, -0.15) is 10.2 Å². The van der Waals surface area contributed by atoms with E-state index in [1.807, 2.05) is 60.8 Å². The molecule has 2 N–H and O–H groups in total. The molecule has 37 heavy (non-hydrogen) atoms. The number of amides is 2. The molecule has 0 aliphatic rings. The highest BCUT2D eigenvalue weighted by atomic mass is 16.5. The zero-order chi connectivity index (χ0) is 26.3. The van der Waals surface area contributed by atoms with Crippen LogP contribution in [-0.4, -0.2) is 41.5 Å². The van der Waals surface area contributed by atoms with Crippen LogP contribution in [-0.2, 0) is 9.59 Å². The minimum atomic E-state index is -0.384. The summed E-state index contributed by atoms with van der Waals surface area (Å²) in [5.74, 6) is 0.256. The van der Waals surface area contributed by atoms with Crippen LogP contribution in [0.15, 0.2) is 65.9 Å². The Labute approximate surface area is 219 Å². The fraction of sp³-hybridized carbons (Fsp3) is 0.379. The number of ether oxygens (including phenoxy) is 1. The number of benzene rings is 2. The molecule has 0 saturated carbocycles. The van der Waals surface area contributed by atoms with Crippen LogP contribution in [0.4, 0.5) is 0 Å². The van der Waals surface area contributed by atoms with Gasteiger partial charge in [-0.3, -0.25) is 9.59 Å². The molecule has 3 rings (SSSR count). The van der Waals surface area contributed by atoms with E-state index in [1.54, 1.807) is 18.0 Å². The third kappa shape index (κ3) is 9.22. The van der Waals surface area contributed by atoms with Crippen molar-refractivity contribution in [2.75, 3.05) is 13.7 Å². The Hall–Kier alpha value is -3.94. The lowest BCUT2D eigenvalue weighted by molar-refractivity contribution is -0.126. The number of rotatable bonds is 15. The molecule has 0 fully saturated rings. The van der Waals surface area contributed by atoms with Crippen molar-refractivity contribution in [3.63, 3.8) is 0 Å². The van der Waals surface area contributed by atoms with Crippen molar-refractivity contribution in [3.05, 3.63) is 66.4 Å². The number of carbonyl (C=O) groups is 2. The van der Waals surface area contributed by atoms with E-state index in [0.717, 1.165) is 41.8 Å². The number of unbranched alkanes of at least 4 members (excludes halogenated alkanes) is 6. The van der Waals surface area contributed by atoms with Crippen molar-refractivity contribution in [2.24, 2.45) is 5.10 Å². The zero-order valence-corrected chi connectivity index (χ0v) is 21.8. The maximum atomic E-state index is 12.2. The van der Waals surface area contributed by atoms with E-state index in [1.165, 1.54) is 25.7 Å². The maximum absolute atomic E-state index is 12.2. The Balaban J connectivity index is 1.53. The first-order chi connectivity index (χ1) is 18.1. The lowest BCUT2D eigenvalue weighted by Crippen LogP contribution is -2.34.